The van der Waals surface area contributed by atoms with Crippen molar-refractivity contribution in [1.29, 1.82) is 0 Å². The van der Waals surface area contributed by atoms with Crippen LogP contribution >= 0.6 is 11.6 Å². The van der Waals surface area contributed by atoms with E-state index in [4.69, 9.17) is 11.6 Å². The predicted molar refractivity (Wildman–Crippen MR) is 122 cm³/mol. The molecule has 0 aliphatic carbocycles. The van der Waals surface area contributed by atoms with Crippen molar-refractivity contribution in [3.05, 3.63) is 111 Å². The minimum atomic E-state index is -0.301. The molecule has 2 aromatic heterocycles. The third kappa shape index (κ3) is 3.41. The van der Waals surface area contributed by atoms with Crippen molar-refractivity contribution < 1.29 is 4.39 Å². The zero-order valence-corrected chi connectivity index (χ0v) is 17.6. The smallest absolute Gasteiger partial charge is 0.278 e. The second-order valence-corrected chi connectivity index (χ2v) is 8.07. The topological polar surface area (TPSA) is 39.8 Å². The molecule has 6 heteroatoms. The lowest BCUT2D eigenvalue weighted by atomic mass is 10.1. The summed E-state index contributed by atoms with van der Waals surface area (Å²) in [5, 5.41) is 1.48. The molecule has 5 rings (SSSR count). The Kier molecular flexibility index (Phi) is 4.83. The Labute approximate surface area is 183 Å². The fourth-order valence-electron chi connectivity index (χ4n) is 4.00. The van der Waals surface area contributed by atoms with Crippen LogP contribution in [0.25, 0.3) is 21.9 Å². The highest BCUT2D eigenvalue weighted by atomic mass is 35.5. The van der Waals surface area contributed by atoms with Gasteiger partial charge in [-0.1, -0.05) is 59.6 Å². The highest BCUT2D eigenvalue weighted by molar-refractivity contribution is 6.31. The van der Waals surface area contributed by atoms with Gasteiger partial charge in [-0.05, 0) is 36.8 Å². The molecule has 4 nitrogen and oxygen atoms in total. The molecule has 0 N–H and O–H groups in total. The number of benzene rings is 3. The normalized spacial score (nSPS) is 11.5. The van der Waals surface area contributed by atoms with Crippen molar-refractivity contribution in [2.75, 3.05) is 0 Å². The van der Waals surface area contributed by atoms with Crippen LogP contribution in [0, 0.1) is 12.7 Å². The Morgan fingerprint density at radius 3 is 2.48 bits per heavy atom. The standard InChI is InChI=1S/C25H19ClFN3O/c1-16-10-11-22-19(12-16)23-24(30(22)14-18-7-3-5-9-21(18)27)25(31)29(15-28-23)13-17-6-2-4-8-20(17)26/h2-12,15H,13-14H2,1H3. The van der Waals surface area contributed by atoms with Crippen LogP contribution in [0.5, 0.6) is 0 Å². The summed E-state index contributed by atoms with van der Waals surface area (Å²) in [5.41, 5.74) is 4.16. The Hall–Kier alpha value is -3.44. The van der Waals surface area contributed by atoms with E-state index in [1.54, 1.807) is 35.2 Å². The Morgan fingerprint density at radius 2 is 1.71 bits per heavy atom. The maximum absolute atomic E-state index is 14.4. The molecule has 0 saturated carbocycles. The highest BCUT2D eigenvalue weighted by Gasteiger charge is 2.18. The van der Waals surface area contributed by atoms with Crippen molar-refractivity contribution in [1.82, 2.24) is 14.1 Å². The van der Waals surface area contributed by atoms with Gasteiger partial charge in [0, 0.05) is 16.0 Å². The Bertz CT molecular complexity index is 1500. The van der Waals surface area contributed by atoms with Crippen LogP contribution in [-0.2, 0) is 13.1 Å². The van der Waals surface area contributed by atoms with E-state index in [1.807, 2.05) is 47.9 Å². The first-order valence-electron chi connectivity index (χ1n) is 9.98. The van der Waals surface area contributed by atoms with Gasteiger partial charge in [-0.3, -0.25) is 9.36 Å². The fourth-order valence-corrected chi connectivity index (χ4v) is 4.19. The number of aromatic nitrogens is 3. The molecule has 0 bridgehead atoms. The number of rotatable bonds is 4. The third-order valence-corrected chi connectivity index (χ3v) is 5.94. The van der Waals surface area contributed by atoms with Crippen LogP contribution in [0.2, 0.25) is 5.02 Å². The van der Waals surface area contributed by atoms with E-state index in [0.717, 1.165) is 22.0 Å². The van der Waals surface area contributed by atoms with Crippen molar-refractivity contribution in [3.63, 3.8) is 0 Å². The van der Waals surface area contributed by atoms with E-state index in [2.05, 4.69) is 4.98 Å². The van der Waals surface area contributed by atoms with Crippen molar-refractivity contribution in [2.45, 2.75) is 20.0 Å². The molecule has 0 atom stereocenters. The van der Waals surface area contributed by atoms with Gasteiger partial charge in [-0.25, -0.2) is 9.37 Å². The Morgan fingerprint density at radius 1 is 0.968 bits per heavy atom. The van der Waals surface area contributed by atoms with E-state index in [0.29, 0.717) is 28.2 Å². The molecule has 154 valence electrons. The molecule has 0 amide bonds. The maximum Gasteiger partial charge on any atom is 0.278 e. The van der Waals surface area contributed by atoms with Crippen LogP contribution in [0.3, 0.4) is 0 Å². The van der Waals surface area contributed by atoms with Gasteiger partial charge in [0.1, 0.15) is 16.9 Å². The lowest BCUT2D eigenvalue weighted by Gasteiger charge is -2.10. The first-order chi connectivity index (χ1) is 15.0. The average Bonchev–Trinajstić information content (AvgIpc) is 3.06. The zero-order chi connectivity index (χ0) is 21.5. The van der Waals surface area contributed by atoms with Gasteiger partial charge >= 0.3 is 0 Å². The summed E-state index contributed by atoms with van der Waals surface area (Å²) in [4.78, 5) is 18.2. The zero-order valence-electron chi connectivity index (χ0n) is 16.8. The van der Waals surface area contributed by atoms with Gasteiger partial charge in [-0.2, -0.15) is 0 Å². The molecule has 31 heavy (non-hydrogen) atoms. The number of fused-ring (bicyclic) bond motifs is 3. The summed E-state index contributed by atoms with van der Waals surface area (Å²) in [6, 6.07) is 20.0. The number of nitrogens with zero attached hydrogens (tertiary/aromatic N) is 3. The van der Waals surface area contributed by atoms with Gasteiger partial charge in [0.2, 0.25) is 0 Å². The lowest BCUT2D eigenvalue weighted by Crippen LogP contribution is -2.23. The molecule has 0 aliphatic rings. The lowest BCUT2D eigenvalue weighted by molar-refractivity contribution is 0.603. The summed E-state index contributed by atoms with van der Waals surface area (Å²) < 4.78 is 17.8. The fraction of sp³-hybridized carbons (Fsp3) is 0.120. The third-order valence-electron chi connectivity index (χ3n) is 5.57. The molecule has 5 aromatic rings. The molecule has 0 radical (unpaired) electrons. The molecule has 0 fully saturated rings. The average molecular weight is 432 g/mol. The van der Waals surface area contributed by atoms with E-state index in [-0.39, 0.29) is 17.9 Å². The second-order valence-electron chi connectivity index (χ2n) is 7.66. The minimum Gasteiger partial charge on any atom is -0.330 e. The van der Waals surface area contributed by atoms with Crippen LogP contribution in [0.15, 0.2) is 77.9 Å². The predicted octanol–water partition coefficient (Wildman–Crippen LogP) is 5.55. The quantitative estimate of drug-likeness (QED) is 0.374. The van der Waals surface area contributed by atoms with E-state index in [9.17, 15) is 9.18 Å². The van der Waals surface area contributed by atoms with Crippen molar-refractivity contribution in [2.24, 2.45) is 0 Å². The number of aryl methyl sites for hydroxylation is 1. The molecule has 0 saturated heterocycles. The largest absolute Gasteiger partial charge is 0.330 e. The SMILES string of the molecule is Cc1ccc2c(c1)c1ncn(Cc3ccccc3Cl)c(=O)c1n2Cc1ccccc1F. The first-order valence-corrected chi connectivity index (χ1v) is 10.4. The molecule has 0 unspecified atom stereocenters. The molecule has 0 spiro atoms. The number of hydrogen-bond acceptors (Lipinski definition) is 2. The molecular weight excluding hydrogens is 413 g/mol. The minimum absolute atomic E-state index is 0.185. The van der Waals surface area contributed by atoms with E-state index < -0.39 is 0 Å². The number of halogens is 2. The van der Waals surface area contributed by atoms with E-state index >= 15 is 0 Å². The summed E-state index contributed by atoms with van der Waals surface area (Å²) >= 11 is 6.30. The molecule has 2 heterocycles. The highest BCUT2D eigenvalue weighted by Crippen LogP contribution is 2.28. The van der Waals surface area contributed by atoms with Crippen LogP contribution in [0.4, 0.5) is 4.39 Å². The molecular formula is C25H19ClFN3O. The second kappa shape index (κ2) is 7.67. The Balaban J connectivity index is 1.75. The van der Waals surface area contributed by atoms with Gasteiger partial charge in [0.25, 0.3) is 5.56 Å². The maximum atomic E-state index is 14.4. The van der Waals surface area contributed by atoms with Crippen LogP contribution < -0.4 is 5.56 Å². The summed E-state index contributed by atoms with van der Waals surface area (Å²) in [6.45, 7) is 2.54. The molecule has 3 aromatic carbocycles. The first kappa shape index (κ1) is 19.5. The van der Waals surface area contributed by atoms with Crippen LogP contribution in [0.1, 0.15) is 16.7 Å². The molecule has 0 aliphatic heterocycles. The summed E-state index contributed by atoms with van der Waals surface area (Å²) in [6.07, 6.45) is 1.56. The van der Waals surface area contributed by atoms with Crippen molar-refractivity contribution >= 4 is 33.5 Å². The van der Waals surface area contributed by atoms with Gasteiger partial charge in [0.05, 0.1) is 24.9 Å². The van der Waals surface area contributed by atoms with Crippen molar-refractivity contribution in [3.8, 4) is 0 Å². The summed E-state index contributed by atoms with van der Waals surface area (Å²) in [7, 11) is 0. The van der Waals surface area contributed by atoms with Gasteiger partial charge in [0.15, 0.2) is 0 Å². The summed E-state index contributed by atoms with van der Waals surface area (Å²) in [5.74, 6) is -0.301. The monoisotopic (exact) mass is 431 g/mol. The number of hydrogen-bond donors (Lipinski definition) is 0. The van der Waals surface area contributed by atoms with E-state index in [1.165, 1.54) is 6.07 Å². The van der Waals surface area contributed by atoms with Gasteiger partial charge in [-0.15, -0.1) is 0 Å². The van der Waals surface area contributed by atoms with Crippen LogP contribution in [-0.4, -0.2) is 14.1 Å². The van der Waals surface area contributed by atoms with Gasteiger partial charge < -0.3 is 4.57 Å².